The Kier molecular flexibility index (Phi) is 3.55. The quantitative estimate of drug-likeness (QED) is 0.816. The number of hydrogen-bond acceptors (Lipinski definition) is 5. The molecule has 2 aliphatic rings. The van der Waals surface area contributed by atoms with Gasteiger partial charge >= 0.3 is 6.09 Å². The van der Waals surface area contributed by atoms with E-state index in [4.69, 9.17) is 4.74 Å². The molecule has 0 atom stereocenters. The third-order valence-corrected chi connectivity index (χ3v) is 4.19. The van der Waals surface area contributed by atoms with Gasteiger partial charge in [-0.3, -0.25) is 9.69 Å². The summed E-state index contributed by atoms with van der Waals surface area (Å²) >= 11 is 0. The monoisotopic (exact) mass is 290 g/mol. The highest BCUT2D eigenvalue weighted by Crippen LogP contribution is 2.29. The zero-order valence-electron chi connectivity index (χ0n) is 11.7. The number of benzene rings is 1. The number of aromatic hydroxyl groups is 1. The number of likely N-dealkylation sites (tertiary alicyclic amines) is 1. The average Bonchev–Trinajstić information content (AvgIpc) is 2.83. The van der Waals surface area contributed by atoms with Gasteiger partial charge < -0.3 is 15.2 Å². The van der Waals surface area contributed by atoms with Crippen LogP contribution < -0.4 is 5.32 Å². The Hall–Kier alpha value is -2.08. The summed E-state index contributed by atoms with van der Waals surface area (Å²) in [5, 5.41) is 11.9. The minimum Gasteiger partial charge on any atom is -0.508 e. The van der Waals surface area contributed by atoms with Crippen molar-refractivity contribution in [3.63, 3.8) is 0 Å². The van der Waals surface area contributed by atoms with Crippen LogP contribution in [0.25, 0.3) is 0 Å². The molecule has 1 amide bonds. The van der Waals surface area contributed by atoms with E-state index in [1.54, 1.807) is 12.1 Å². The molecule has 0 saturated carbocycles. The molecule has 0 aliphatic carbocycles. The fraction of sp³-hybridized carbons (Fsp3) is 0.467. The van der Waals surface area contributed by atoms with Crippen molar-refractivity contribution in [3.05, 3.63) is 29.8 Å². The third kappa shape index (κ3) is 3.00. The minimum absolute atomic E-state index is 0.0347. The topological polar surface area (TPSA) is 78.9 Å². The number of phenols is 1. The SMILES string of the molecule is O=C1NCC2(CCN(CC(=O)c3ccc(O)cc3)CC2)O1. The van der Waals surface area contributed by atoms with E-state index in [1.807, 2.05) is 0 Å². The fourth-order valence-electron chi connectivity index (χ4n) is 2.84. The highest BCUT2D eigenvalue weighted by atomic mass is 16.6. The first-order valence-electron chi connectivity index (χ1n) is 7.08. The molecular weight excluding hydrogens is 272 g/mol. The Morgan fingerprint density at radius 3 is 2.52 bits per heavy atom. The number of carbonyl (C=O) groups excluding carboxylic acids is 2. The van der Waals surface area contributed by atoms with E-state index in [0.717, 1.165) is 25.9 Å². The summed E-state index contributed by atoms with van der Waals surface area (Å²) in [6.45, 7) is 2.38. The molecule has 0 unspecified atom stereocenters. The molecule has 1 aromatic rings. The van der Waals surface area contributed by atoms with Crippen LogP contribution in [0.1, 0.15) is 23.2 Å². The lowest BCUT2D eigenvalue weighted by molar-refractivity contribution is 0.00172. The Morgan fingerprint density at radius 2 is 1.95 bits per heavy atom. The van der Waals surface area contributed by atoms with Gasteiger partial charge in [0, 0.05) is 31.5 Å². The summed E-state index contributed by atoms with van der Waals surface area (Å²) in [5.41, 5.74) is 0.219. The molecule has 0 bridgehead atoms. The lowest BCUT2D eigenvalue weighted by Crippen LogP contribution is -2.47. The van der Waals surface area contributed by atoms with Crippen molar-refractivity contribution in [3.8, 4) is 5.75 Å². The van der Waals surface area contributed by atoms with E-state index in [1.165, 1.54) is 12.1 Å². The number of piperidine rings is 1. The summed E-state index contributed by atoms with van der Waals surface area (Å²) in [7, 11) is 0. The van der Waals surface area contributed by atoms with Gasteiger partial charge in [0.05, 0.1) is 13.1 Å². The second kappa shape index (κ2) is 5.37. The summed E-state index contributed by atoms with van der Waals surface area (Å²) < 4.78 is 5.35. The lowest BCUT2D eigenvalue weighted by Gasteiger charge is -2.36. The number of nitrogens with one attached hydrogen (secondary N) is 1. The Morgan fingerprint density at radius 1 is 1.29 bits per heavy atom. The molecule has 2 N–H and O–H groups in total. The molecule has 6 heteroatoms. The van der Waals surface area contributed by atoms with Gasteiger partial charge in [0.1, 0.15) is 11.4 Å². The van der Waals surface area contributed by atoms with E-state index < -0.39 is 0 Å². The van der Waals surface area contributed by atoms with E-state index >= 15 is 0 Å². The van der Waals surface area contributed by atoms with Gasteiger partial charge in [0.2, 0.25) is 0 Å². The van der Waals surface area contributed by atoms with Gasteiger partial charge in [-0.1, -0.05) is 0 Å². The first-order chi connectivity index (χ1) is 10.1. The molecule has 1 aromatic carbocycles. The van der Waals surface area contributed by atoms with Crippen LogP contribution in [0.3, 0.4) is 0 Å². The largest absolute Gasteiger partial charge is 0.508 e. The second-order valence-electron chi connectivity index (χ2n) is 5.67. The van der Waals surface area contributed by atoms with Crippen molar-refractivity contribution >= 4 is 11.9 Å². The Labute approximate surface area is 122 Å². The van der Waals surface area contributed by atoms with Crippen LogP contribution in [0.2, 0.25) is 0 Å². The second-order valence-corrected chi connectivity index (χ2v) is 5.67. The first-order valence-corrected chi connectivity index (χ1v) is 7.08. The molecule has 0 aromatic heterocycles. The fourth-order valence-corrected chi connectivity index (χ4v) is 2.84. The van der Waals surface area contributed by atoms with Crippen molar-refractivity contribution in [2.45, 2.75) is 18.4 Å². The predicted octanol–water partition coefficient (Wildman–Crippen LogP) is 1.15. The van der Waals surface area contributed by atoms with Gasteiger partial charge in [-0.05, 0) is 24.3 Å². The summed E-state index contributed by atoms with van der Waals surface area (Å²) in [6, 6.07) is 6.29. The molecule has 6 nitrogen and oxygen atoms in total. The normalized spacial score (nSPS) is 21.0. The van der Waals surface area contributed by atoms with Gasteiger partial charge in [-0.15, -0.1) is 0 Å². The number of nitrogens with zero attached hydrogens (tertiary/aromatic N) is 1. The molecule has 2 heterocycles. The molecule has 21 heavy (non-hydrogen) atoms. The zero-order chi connectivity index (χ0) is 14.9. The lowest BCUT2D eigenvalue weighted by atomic mass is 9.91. The number of alkyl carbamates (subject to hydrolysis) is 1. The van der Waals surface area contributed by atoms with Crippen LogP contribution in [0, 0.1) is 0 Å². The summed E-state index contributed by atoms with van der Waals surface area (Å²) in [4.78, 5) is 25.4. The van der Waals surface area contributed by atoms with Crippen molar-refractivity contribution in [1.29, 1.82) is 0 Å². The number of ether oxygens (including phenoxy) is 1. The van der Waals surface area contributed by atoms with Gasteiger partial charge in [0.15, 0.2) is 5.78 Å². The number of phenolic OH excluding ortho intramolecular Hbond substituents is 1. The Bertz CT molecular complexity index is 547. The molecule has 2 fully saturated rings. The summed E-state index contributed by atoms with van der Waals surface area (Å²) in [5.74, 6) is 0.189. The Balaban J connectivity index is 1.54. The maximum Gasteiger partial charge on any atom is 0.407 e. The molecule has 2 aliphatic heterocycles. The molecule has 1 spiro atoms. The van der Waals surface area contributed by atoms with Crippen molar-refractivity contribution < 1.29 is 19.4 Å². The van der Waals surface area contributed by atoms with Crippen molar-refractivity contribution in [2.75, 3.05) is 26.2 Å². The number of Topliss-reactive ketones (excluding diaryl/α,β-unsaturated/α-hetero) is 1. The van der Waals surface area contributed by atoms with Crippen LogP contribution in [-0.2, 0) is 4.74 Å². The molecular formula is C15H18N2O4. The van der Waals surface area contributed by atoms with Crippen LogP contribution in [0.5, 0.6) is 5.75 Å². The number of carbonyl (C=O) groups is 2. The maximum absolute atomic E-state index is 12.2. The first kappa shape index (κ1) is 13.9. The van der Waals surface area contributed by atoms with Gasteiger partial charge in [-0.2, -0.15) is 0 Å². The maximum atomic E-state index is 12.2. The number of rotatable bonds is 3. The standard InChI is InChI=1S/C15H18N2O4/c18-12-3-1-11(2-4-12)13(19)9-17-7-5-15(6-8-17)10-16-14(20)21-15/h1-4,18H,5-10H2,(H,16,20). The van der Waals surface area contributed by atoms with Crippen LogP contribution in [-0.4, -0.2) is 53.7 Å². The average molecular weight is 290 g/mol. The van der Waals surface area contributed by atoms with Gasteiger partial charge in [0.25, 0.3) is 0 Å². The number of amides is 1. The molecule has 2 saturated heterocycles. The van der Waals surface area contributed by atoms with Crippen molar-refractivity contribution in [2.24, 2.45) is 0 Å². The predicted molar refractivity (Wildman–Crippen MR) is 75.3 cm³/mol. The van der Waals surface area contributed by atoms with E-state index in [0.29, 0.717) is 18.7 Å². The van der Waals surface area contributed by atoms with E-state index in [-0.39, 0.29) is 23.2 Å². The molecule has 3 rings (SSSR count). The highest BCUT2D eigenvalue weighted by Gasteiger charge is 2.42. The molecule has 0 radical (unpaired) electrons. The summed E-state index contributed by atoms with van der Waals surface area (Å²) in [6.07, 6.45) is 1.15. The minimum atomic E-state index is -0.380. The number of hydrogen-bond donors (Lipinski definition) is 2. The highest BCUT2D eigenvalue weighted by molar-refractivity contribution is 5.97. The van der Waals surface area contributed by atoms with Gasteiger partial charge in [-0.25, -0.2) is 4.79 Å². The van der Waals surface area contributed by atoms with Crippen LogP contribution in [0.15, 0.2) is 24.3 Å². The van der Waals surface area contributed by atoms with Crippen LogP contribution in [0.4, 0.5) is 4.79 Å². The zero-order valence-corrected chi connectivity index (χ0v) is 11.7. The van der Waals surface area contributed by atoms with Crippen LogP contribution >= 0.6 is 0 Å². The number of ketones is 1. The third-order valence-electron chi connectivity index (χ3n) is 4.19. The van der Waals surface area contributed by atoms with E-state index in [2.05, 4.69) is 10.2 Å². The van der Waals surface area contributed by atoms with Crippen molar-refractivity contribution in [1.82, 2.24) is 10.2 Å². The smallest absolute Gasteiger partial charge is 0.407 e. The van der Waals surface area contributed by atoms with E-state index in [9.17, 15) is 14.7 Å². The molecule has 112 valence electrons.